The molecule has 1 aromatic carbocycles. The first-order valence-corrected chi connectivity index (χ1v) is 7.34. The van der Waals surface area contributed by atoms with Gasteiger partial charge in [-0.05, 0) is 32.0 Å². The summed E-state index contributed by atoms with van der Waals surface area (Å²) in [6.45, 7) is 4.05. The molecule has 1 fully saturated rings. The van der Waals surface area contributed by atoms with E-state index in [2.05, 4.69) is 5.32 Å². The van der Waals surface area contributed by atoms with Gasteiger partial charge in [-0.25, -0.2) is 0 Å². The van der Waals surface area contributed by atoms with Crippen LogP contribution in [0.25, 0.3) is 0 Å². The molecule has 4 heteroatoms. The summed E-state index contributed by atoms with van der Waals surface area (Å²) >= 11 is 0. The van der Waals surface area contributed by atoms with Crippen molar-refractivity contribution in [3.8, 4) is 5.75 Å². The lowest BCUT2D eigenvalue weighted by atomic mass is 10.0. The van der Waals surface area contributed by atoms with E-state index in [0.717, 1.165) is 31.7 Å². The van der Waals surface area contributed by atoms with Crippen molar-refractivity contribution in [2.24, 2.45) is 5.92 Å². The minimum Gasteiger partial charge on any atom is -0.493 e. The van der Waals surface area contributed by atoms with E-state index in [1.54, 1.807) is 0 Å². The zero-order chi connectivity index (χ0) is 14.4. The van der Waals surface area contributed by atoms with Crippen molar-refractivity contribution in [1.29, 1.82) is 0 Å². The molecule has 0 bridgehead atoms. The molecule has 4 nitrogen and oxygen atoms in total. The van der Waals surface area contributed by atoms with E-state index in [-0.39, 0.29) is 11.8 Å². The minimum atomic E-state index is -0.106. The van der Waals surface area contributed by atoms with Gasteiger partial charge in [0, 0.05) is 19.1 Å². The number of carbonyl (C=O) groups is 1. The van der Waals surface area contributed by atoms with Gasteiger partial charge in [-0.1, -0.05) is 25.1 Å². The highest BCUT2D eigenvalue weighted by molar-refractivity contribution is 5.78. The van der Waals surface area contributed by atoms with Crippen molar-refractivity contribution in [2.45, 2.75) is 25.8 Å². The molecule has 1 aliphatic heterocycles. The van der Waals surface area contributed by atoms with Crippen molar-refractivity contribution in [3.05, 3.63) is 30.3 Å². The molecule has 0 spiro atoms. The maximum absolute atomic E-state index is 12.4. The van der Waals surface area contributed by atoms with Crippen LogP contribution in [0.3, 0.4) is 0 Å². The summed E-state index contributed by atoms with van der Waals surface area (Å²) in [6.07, 6.45) is 2.22. The van der Waals surface area contributed by atoms with Gasteiger partial charge in [-0.3, -0.25) is 4.79 Å². The van der Waals surface area contributed by atoms with Crippen molar-refractivity contribution in [1.82, 2.24) is 10.2 Å². The van der Waals surface area contributed by atoms with Gasteiger partial charge < -0.3 is 15.0 Å². The number of piperidine rings is 1. The molecule has 1 saturated heterocycles. The number of carbonyl (C=O) groups excluding carboxylic acids is 1. The molecular weight excluding hydrogens is 252 g/mol. The van der Waals surface area contributed by atoms with Gasteiger partial charge in [0.25, 0.3) is 0 Å². The van der Waals surface area contributed by atoms with E-state index in [1.165, 1.54) is 0 Å². The first-order valence-electron chi connectivity index (χ1n) is 7.34. The van der Waals surface area contributed by atoms with Crippen LogP contribution in [0.4, 0.5) is 0 Å². The number of likely N-dealkylation sites (tertiary alicyclic amines) is 1. The van der Waals surface area contributed by atoms with Gasteiger partial charge in [-0.2, -0.15) is 0 Å². The van der Waals surface area contributed by atoms with Crippen LogP contribution in [-0.4, -0.2) is 43.6 Å². The molecule has 1 aromatic rings. The molecule has 0 aromatic heterocycles. The largest absolute Gasteiger partial charge is 0.493 e. The standard InChI is InChI=1S/C16H24N2O2/c1-13(12-20-15-8-4-3-5-9-15)16(19)18-10-6-7-14(11-18)17-2/h3-5,8-9,13-14,17H,6-7,10-12H2,1-2H3. The lowest BCUT2D eigenvalue weighted by Gasteiger charge is -2.34. The number of hydrogen-bond donors (Lipinski definition) is 1. The Kier molecular flexibility index (Phi) is 5.41. The van der Waals surface area contributed by atoms with Gasteiger partial charge >= 0.3 is 0 Å². The van der Waals surface area contributed by atoms with E-state index in [9.17, 15) is 4.79 Å². The Morgan fingerprint density at radius 2 is 2.20 bits per heavy atom. The van der Waals surface area contributed by atoms with Gasteiger partial charge in [-0.15, -0.1) is 0 Å². The molecule has 2 unspecified atom stereocenters. The minimum absolute atomic E-state index is 0.106. The normalized spacial score (nSPS) is 20.5. The van der Waals surface area contributed by atoms with E-state index in [1.807, 2.05) is 49.2 Å². The van der Waals surface area contributed by atoms with Crippen molar-refractivity contribution >= 4 is 5.91 Å². The molecule has 0 saturated carbocycles. The fraction of sp³-hybridized carbons (Fsp3) is 0.562. The number of hydrogen-bond acceptors (Lipinski definition) is 3. The van der Waals surface area contributed by atoms with Gasteiger partial charge in [0.05, 0.1) is 12.5 Å². The quantitative estimate of drug-likeness (QED) is 0.893. The maximum atomic E-state index is 12.4. The number of amides is 1. The second kappa shape index (κ2) is 7.29. The number of nitrogens with one attached hydrogen (secondary N) is 1. The van der Waals surface area contributed by atoms with E-state index < -0.39 is 0 Å². The van der Waals surface area contributed by atoms with Crippen LogP contribution in [0.15, 0.2) is 30.3 Å². The average Bonchev–Trinajstić information content (AvgIpc) is 2.53. The lowest BCUT2D eigenvalue weighted by Crippen LogP contribution is -2.49. The highest BCUT2D eigenvalue weighted by Gasteiger charge is 2.26. The molecule has 2 atom stereocenters. The summed E-state index contributed by atoms with van der Waals surface area (Å²) in [6, 6.07) is 10.1. The third-order valence-corrected chi connectivity index (χ3v) is 3.81. The summed E-state index contributed by atoms with van der Waals surface area (Å²) in [5.41, 5.74) is 0. The van der Waals surface area contributed by atoms with Gasteiger partial charge in [0.1, 0.15) is 5.75 Å². The molecule has 1 N–H and O–H groups in total. The Morgan fingerprint density at radius 1 is 1.45 bits per heavy atom. The molecule has 2 rings (SSSR count). The summed E-state index contributed by atoms with van der Waals surface area (Å²) in [4.78, 5) is 14.4. The summed E-state index contributed by atoms with van der Waals surface area (Å²) in [5, 5.41) is 3.26. The number of benzene rings is 1. The predicted molar refractivity (Wildman–Crippen MR) is 79.8 cm³/mol. The SMILES string of the molecule is CNC1CCCN(C(=O)C(C)COc2ccccc2)C1. The Balaban J connectivity index is 1.82. The average molecular weight is 276 g/mol. The number of rotatable bonds is 5. The molecule has 110 valence electrons. The Morgan fingerprint density at radius 3 is 2.90 bits per heavy atom. The zero-order valence-corrected chi connectivity index (χ0v) is 12.3. The smallest absolute Gasteiger partial charge is 0.228 e. The number of likely N-dealkylation sites (N-methyl/N-ethyl adjacent to an activating group) is 1. The number of nitrogens with zero attached hydrogens (tertiary/aromatic N) is 1. The van der Waals surface area contributed by atoms with Gasteiger partial charge in [0.15, 0.2) is 0 Å². The van der Waals surface area contributed by atoms with Crippen LogP contribution in [0.1, 0.15) is 19.8 Å². The fourth-order valence-corrected chi connectivity index (χ4v) is 2.53. The topological polar surface area (TPSA) is 41.6 Å². The van der Waals surface area contributed by atoms with Gasteiger partial charge in [0.2, 0.25) is 5.91 Å². The van der Waals surface area contributed by atoms with E-state index in [0.29, 0.717) is 12.6 Å². The van der Waals surface area contributed by atoms with E-state index >= 15 is 0 Å². The molecule has 1 heterocycles. The number of para-hydroxylation sites is 1. The molecule has 20 heavy (non-hydrogen) atoms. The molecule has 0 aliphatic carbocycles. The van der Waals surface area contributed by atoms with Crippen LogP contribution in [0, 0.1) is 5.92 Å². The van der Waals surface area contributed by atoms with Crippen LogP contribution in [-0.2, 0) is 4.79 Å². The fourth-order valence-electron chi connectivity index (χ4n) is 2.53. The molecular formula is C16H24N2O2. The first kappa shape index (κ1) is 14.9. The highest BCUT2D eigenvalue weighted by atomic mass is 16.5. The van der Waals surface area contributed by atoms with Crippen molar-refractivity contribution in [3.63, 3.8) is 0 Å². The third kappa shape index (κ3) is 3.97. The summed E-state index contributed by atoms with van der Waals surface area (Å²) in [5.74, 6) is 0.908. The predicted octanol–water partition coefficient (Wildman–Crippen LogP) is 1.91. The third-order valence-electron chi connectivity index (χ3n) is 3.81. The Labute approximate surface area is 121 Å². The summed E-state index contributed by atoms with van der Waals surface area (Å²) in [7, 11) is 1.96. The van der Waals surface area contributed by atoms with E-state index in [4.69, 9.17) is 4.74 Å². The Hall–Kier alpha value is -1.55. The first-order chi connectivity index (χ1) is 9.70. The van der Waals surface area contributed by atoms with Crippen LogP contribution in [0.2, 0.25) is 0 Å². The lowest BCUT2D eigenvalue weighted by molar-refractivity contribution is -0.137. The monoisotopic (exact) mass is 276 g/mol. The Bertz CT molecular complexity index is 422. The van der Waals surface area contributed by atoms with Crippen molar-refractivity contribution < 1.29 is 9.53 Å². The second-order valence-electron chi connectivity index (χ2n) is 5.44. The molecule has 1 amide bonds. The molecule has 0 radical (unpaired) electrons. The van der Waals surface area contributed by atoms with Crippen LogP contribution in [0.5, 0.6) is 5.75 Å². The van der Waals surface area contributed by atoms with Crippen LogP contribution < -0.4 is 10.1 Å². The zero-order valence-electron chi connectivity index (χ0n) is 12.3. The van der Waals surface area contributed by atoms with Crippen LogP contribution >= 0.6 is 0 Å². The summed E-state index contributed by atoms with van der Waals surface area (Å²) < 4.78 is 5.67. The number of ether oxygens (including phenoxy) is 1. The second-order valence-corrected chi connectivity index (χ2v) is 5.44. The highest BCUT2D eigenvalue weighted by Crippen LogP contribution is 2.15. The maximum Gasteiger partial charge on any atom is 0.228 e. The molecule has 1 aliphatic rings. The van der Waals surface area contributed by atoms with Crippen molar-refractivity contribution in [2.75, 3.05) is 26.7 Å².